The van der Waals surface area contributed by atoms with Gasteiger partial charge in [0.1, 0.15) is 0 Å². The predicted octanol–water partition coefficient (Wildman–Crippen LogP) is 2.00. The Morgan fingerprint density at radius 2 is 1.86 bits per heavy atom. The van der Waals surface area contributed by atoms with E-state index in [1.165, 1.54) is 25.6 Å². The number of sulfonamides is 1. The van der Waals surface area contributed by atoms with Crippen molar-refractivity contribution in [1.82, 2.24) is 9.62 Å². The van der Waals surface area contributed by atoms with Gasteiger partial charge in [-0.3, -0.25) is 4.79 Å². The number of hydrogen-bond donors (Lipinski definition) is 1. The van der Waals surface area contributed by atoms with Gasteiger partial charge in [0, 0.05) is 13.1 Å². The topological polar surface area (TPSA) is 66.5 Å². The molecule has 1 fully saturated rings. The highest BCUT2D eigenvalue weighted by Gasteiger charge is 2.26. The second kappa shape index (κ2) is 7.24. The number of amides is 1. The van der Waals surface area contributed by atoms with Gasteiger partial charge in [-0.25, -0.2) is 8.42 Å². The Morgan fingerprint density at radius 1 is 1.23 bits per heavy atom. The van der Waals surface area contributed by atoms with Crippen LogP contribution in [0, 0.1) is 5.92 Å². The molecule has 5 nitrogen and oxygen atoms in total. The quantitative estimate of drug-likeness (QED) is 0.901. The third-order valence-corrected chi connectivity index (χ3v) is 6.09. The van der Waals surface area contributed by atoms with Gasteiger partial charge in [-0.1, -0.05) is 38.0 Å². The molecule has 0 saturated heterocycles. The molecule has 0 heterocycles. The molecule has 2 rings (SSSR count). The first-order valence-corrected chi connectivity index (χ1v) is 9.16. The fourth-order valence-corrected chi connectivity index (χ4v) is 3.99. The van der Waals surface area contributed by atoms with E-state index in [4.69, 9.17) is 0 Å². The Bertz CT molecular complexity index is 601. The highest BCUT2D eigenvalue weighted by molar-refractivity contribution is 7.89. The Labute approximate surface area is 132 Å². The summed E-state index contributed by atoms with van der Waals surface area (Å²) in [5.74, 6) is 0.217. The minimum atomic E-state index is -3.62. The molecule has 1 aliphatic rings. The lowest BCUT2D eigenvalue weighted by Crippen LogP contribution is -2.46. The van der Waals surface area contributed by atoms with Gasteiger partial charge in [0.2, 0.25) is 15.9 Å². The van der Waals surface area contributed by atoms with Crippen LogP contribution in [-0.2, 0) is 14.8 Å². The van der Waals surface area contributed by atoms with Crippen LogP contribution in [0.4, 0.5) is 0 Å². The van der Waals surface area contributed by atoms with Gasteiger partial charge >= 0.3 is 0 Å². The number of hydrogen-bond acceptors (Lipinski definition) is 3. The maximum Gasteiger partial charge on any atom is 0.243 e. The van der Waals surface area contributed by atoms with E-state index in [-0.39, 0.29) is 23.4 Å². The van der Waals surface area contributed by atoms with Gasteiger partial charge < -0.3 is 5.32 Å². The molecular weight excluding hydrogens is 300 g/mol. The number of rotatable bonds is 5. The van der Waals surface area contributed by atoms with Crippen LogP contribution >= 0.6 is 0 Å². The summed E-state index contributed by atoms with van der Waals surface area (Å²) in [6.07, 6.45) is 4.41. The number of carbonyl (C=O) groups is 1. The van der Waals surface area contributed by atoms with Crippen LogP contribution in [0.1, 0.15) is 32.6 Å². The van der Waals surface area contributed by atoms with Crippen molar-refractivity contribution in [3.05, 3.63) is 30.3 Å². The number of nitrogens with one attached hydrogen (secondary N) is 1. The number of benzene rings is 1. The average Bonchev–Trinajstić information content (AvgIpc) is 2.50. The van der Waals surface area contributed by atoms with Gasteiger partial charge in [-0.2, -0.15) is 4.31 Å². The minimum Gasteiger partial charge on any atom is -0.352 e. The van der Waals surface area contributed by atoms with E-state index < -0.39 is 10.0 Å². The summed E-state index contributed by atoms with van der Waals surface area (Å²) in [7, 11) is -2.18. The number of carbonyl (C=O) groups excluding carboxylic acids is 1. The maximum absolute atomic E-state index is 12.4. The molecule has 1 aromatic carbocycles. The van der Waals surface area contributed by atoms with Crippen molar-refractivity contribution in [2.24, 2.45) is 5.92 Å². The van der Waals surface area contributed by atoms with Crippen LogP contribution < -0.4 is 5.32 Å². The van der Waals surface area contributed by atoms with Crippen LogP contribution in [0.3, 0.4) is 0 Å². The van der Waals surface area contributed by atoms with Crippen molar-refractivity contribution in [3.8, 4) is 0 Å². The van der Waals surface area contributed by atoms with Crippen molar-refractivity contribution in [3.63, 3.8) is 0 Å². The fraction of sp³-hybridized carbons (Fsp3) is 0.562. The smallest absolute Gasteiger partial charge is 0.243 e. The Hall–Kier alpha value is -1.40. The largest absolute Gasteiger partial charge is 0.352 e. The summed E-state index contributed by atoms with van der Waals surface area (Å²) in [5, 5.41) is 2.98. The minimum absolute atomic E-state index is 0.152. The van der Waals surface area contributed by atoms with Crippen LogP contribution in [0.2, 0.25) is 0 Å². The molecule has 0 radical (unpaired) electrons. The Morgan fingerprint density at radius 3 is 2.50 bits per heavy atom. The van der Waals surface area contributed by atoms with Crippen molar-refractivity contribution in [2.45, 2.75) is 43.5 Å². The molecule has 1 amide bonds. The fourth-order valence-electron chi connectivity index (χ4n) is 2.84. The molecule has 0 aromatic heterocycles. The molecule has 1 saturated carbocycles. The first-order chi connectivity index (χ1) is 10.4. The van der Waals surface area contributed by atoms with E-state index in [9.17, 15) is 13.2 Å². The lowest BCUT2D eigenvalue weighted by molar-refractivity contribution is -0.122. The molecule has 1 N–H and O–H groups in total. The van der Waals surface area contributed by atoms with E-state index in [1.807, 2.05) is 0 Å². The van der Waals surface area contributed by atoms with Crippen LogP contribution in [0.25, 0.3) is 0 Å². The molecule has 6 heteroatoms. The first kappa shape index (κ1) is 17.0. The molecule has 0 bridgehead atoms. The van der Waals surface area contributed by atoms with Crippen LogP contribution in [-0.4, -0.2) is 38.3 Å². The van der Waals surface area contributed by atoms with Crippen molar-refractivity contribution in [2.75, 3.05) is 13.6 Å². The molecule has 0 aliphatic heterocycles. The van der Waals surface area contributed by atoms with Crippen molar-refractivity contribution in [1.29, 1.82) is 0 Å². The summed E-state index contributed by atoms with van der Waals surface area (Å²) < 4.78 is 25.8. The molecule has 22 heavy (non-hydrogen) atoms. The van der Waals surface area contributed by atoms with E-state index >= 15 is 0 Å². The zero-order valence-electron chi connectivity index (χ0n) is 13.2. The van der Waals surface area contributed by atoms with Gasteiger partial charge in [0.25, 0.3) is 0 Å². The maximum atomic E-state index is 12.4. The second-order valence-corrected chi connectivity index (χ2v) is 8.05. The molecular formula is C16H24N2O3S. The molecule has 1 aliphatic carbocycles. The lowest BCUT2D eigenvalue weighted by atomic mass is 9.86. The average molecular weight is 324 g/mol. The van der Waals surface area contributed by atoms with E-state index in [0.29, 0.717) is 5.92 Å². The van der Waals surface area contributed by atoms with Crippen LogP contribution in [0.15, 0.2) is 35.2 Å². The standard InChI is InChI=1S/C16H24N2O3S/c1-13-8-6-7-11-15(13)17-16(19)12-18(2)22(20,21)14-9-4-3-5-10-14/h3-5,9-10,13,15H,6-8,11-12H2,1-2H3,(H,17,19)/t13-,15+/m1/s1. The zero-order chi connectivity index (χ0) is 16.2. The van der Waals surface area contributed by atoms with Crippen molar-refractivity contribution < 1.29 is 13.2 Å². The SMILES string of the molecule is C[C@@H]1CCCC[C@@H]1NC(=O)CN(C)S(=O)(=O)c1ccccc1. The lowest BCUT2D eigenvalue weighted by Gasteiger charge is -2.30. The molecule has 122 valence electrons. The highest BCUT2D eigenvalue weighted by Crippen LogP contribution is 2.23. The molecule has 0 spiro atoms. The monoisotopic (exact) mass is 324 g/mol. The molecule has 0 unspecified atom stereocenters. The van der Waals surface area contributed by atoms with Gasteiger partial charge in [-0.05, 0) is 30.9 Å². The third-order valence-electron chi connectivity index (χ3n) is 4.28. The Balaban J connectivity index is 1.96. The second-order valence-electron chi connectivity index (χ2n) is 6.01. The predicted molar refractivity (Wildman–Crippen MR) is 85.8 cm³/mol. The van der Waals surface area contributed by atoms with Gasteiger partial charge in [0.15, 0.2) is 0 Å². The number of likely N-dealkylation sites (N-methyl/N-ethyl adjacent to an activating group) is 1. The summed E-state index contributed by atoms with van der Waals surface area (Å²) in [6.45, 7) is 1.98. The summed E-state index contributed by atoms with van der Waals surface area (Å²) in [5.41, 5.74) is 0. The highest BCUT2D eigenvalue weighted by atomic mass is 32.2. The summed E-state index contributed by atoms with van der Waals surface area (Å²) in [4.78, 5) is 12.3. The molecule has 1 aromatic rings. The summed E-state index contributed by atoms with van der Waals surface area (Å²) in [6, 6.07) is 8.33. The van der Waals surface area contributed by atoms with E-state index in [2.05, 4.69) is 12.2 Å². The van der Waals surface area contributed by atoms with Crippen LogP contribution in [0.5, 0.6) is 0 Å². The van der Waals surface area contributed by atoms with Crippen molar-refractivity contribution >= 4 is 15.9 Å². The van der Waals surface area contributed by atoms with Gasteiger partial charge in [0.05, 0.1) is 11.4 Å². The summed E-state index contributed by atoms with van der Waals surface area (Å²) >= 11 is 0. The van der Waals surface area contributed by atoms with Gasteiger partial charge in [-0.15, -0.1) is 0 Å². The number of nitrogens with zero attached hydrogens (tertiary/aromatic N) is 1. The van der Waals surface area contributed by atoms with E-state index in [1.54, 1.807) is 18.2 Å². The van der Waals surface area contributed by atoms with E-state index in [0.717, 1.165) is 23.6 Å². The first-order valence-electron chi connectivity index (χ1n) is 7.72. The zero-order valence-corrected chi connectivity index (χ0v) is 14.0. The third kappa shape index (κ3) is 4.08. The Kier molecular flexibility index (Phi) is 5.58. The normalized spacial score (nSPS) is 22.5. The molecule has 2 atom stereocenters.